The number of fused-ring (bicyclic) bond motifs is 1. The SMILES string of the molecule is C=CCNc1ncnc(N(CC)c2cccc3ccccc23)c1[N+](=O)[O-]. The van der Waals surface area contributed by atoms with Gasteiger partial charge in [0.1, 0.15) is 6.33 Å². The van der Waals surface area contributed by atoms with Crippen molar-refractivity contribution < 1.29 is 4.92 Å². The molecule has 1 aromatic heterocycles. The molecule has 26 heavy (non-hydrogen) atoms. The van der Waals surface area contributed by atoms with Gasteiger partial charge in [-0.05, 0) is 18.4 Å². The van der Waals surface area contributed by atoms with Crippen molar-refractivity contribution in [1.29, 1.82) is 0 Å². The maximum absolute atomic E-state index is 11.8. The second-order valence-corrected chi connectivity index (χ2v) is 5.56. The molecule has 1 N–H and O–H groups in total. The molecule has 0 spiro atoms. The summed E-state index contributed by atoms with van der Waals surface area (Å²) < 4.78 is 0. The maximum Gasteiger partial charge on any atom is 0.353 e. The molecule has 132 valence electrons. The number of nitrogens with zero attached hydrogens (tertiary/aromatic N) is 4. The zero-order valence-electron chi connectivity index (χ0n) is 14.4. The van der Waals surface area contributed by atoms with Gasteiger partial charge in [-0.15, -0.1) is 6.58 Å². The Hall–Kier alpha value is -3.48. The summed E-state index contributed by atoms with van der Waals surface area (Å²) in [5.41, 5.74) is 0.714. The van der Waals surface area contributed by atoms with Crippen molar-refractivity contribution in [2.75, 3.05) is 23.3 Å². The summed E-state index contributed by atoms with van der Waals surface area (Å²) in [7, 11) is 0. The maximum atomic E-state index is 11.8. The third-order valence-corrected chi connectivity index (χ3v) is 4.03. The first-order valence-corrected chi connectivity index (χ1v) is 8.26. The lowest BCUT2D eigenvalue weighted by Crippen LogP contribution is -2.20. The van der Waals surface area contributed by atoms with Crippen LogP contribution in [0.15, 0.2) is 61.4 Å². The highest BCUT2D eigenvalue weighted by Gasteiger charge is 2.27. The van der Waals surface area contributed by atoms with Crippen LogP contribution in [0.2, 0.25) is 0 Å². The molecular weight excluding hydrogens is 330 g/mol. The van der Waals surface area contributed by atoms with Crippen LogP contribution < -0.4 is 10.2 Å². The number of benzene rings is 2. The van der Waals surface area contributed by atoms with E-state index >= 15 is 0 Å². The molecule has 0 aliphatic rings. The Morgan fingerprint density at radius 1 is 1.23 bits per heavy atom. The van der Waals surface area contributed by atoms with E-state index < -0.39 is 4.92 Å². The summed E-state index contributed by atoms with van der Waals surface area (Å²) >= 11 is 0. The Kier molecular flexibility index (Phi) is 5.07. The van der Waals surface area contributed by atoms with Gasteiger partial charge in [0.25, 0.3) is 0 Å². The molecule has 3 rings (SSSR count). The highest BCUT2D eigenvalue weighted by molar-refractivity contribution is 5.96. The number of aromatic nitrogens is 2. The molecule has 1 heterocycles. The second-order valence-electron chi connectivity index (χ2n) is 5.56. The van der Waals surface area contributed by atoms with Crippen molar-refractivity contribution in [2.45, 2.75) is 6.92 Å². The zero-order valence-corrected chi connectivity index (χ0v) is 14.4. The van der Waals surface area contributed by atoms with E-state index in [1.54, 1.807) is 6.08 Å². The summed E-state index contributed by atoms with van der Waals surface area (Å²) in [5.74, 6) is 0.439. The Balaban J connectivity index is 2.19. The third-order valence-electron chi connectivity index (χ3n) is 4.03. The second kappa shape index (κ2) is 7.60. The van der Waals surface area contributed by atoms with Gasteiger partial charge < -0.3 is 10.2 Å². The lowest BCUT2D eigenvalue weighted by atomic mass is 10.1. The van der Waals surface area contributed by atoms with Gasteiger partial charge in [-0.2, -0.15) is 0 Å². The van der Waals surface area contributed by atoms with Crippen LogP contribution in [-0.4, -0.2) is 28.0 Å². The summed E-state index contributed by atoms with van der Waals surface area (Å²) in [6, 6.07) is 13.8. The molecule has 0 saturated carbocycles. The molecule has 3 aromatic rings. The first-order chi connectivity index (χ1) is 12.7. The van der Waals surface area contributed by atoms with Gasteiger partial charge in [0, 0.05) is 18.5 Å². The molecule has 0 unspecified atom stereocenters. The highest BCUT2D eigenvalue weighted by atomic mass is 16.6. The number of nitrogens with one attached hydrogen (secondary N) is 1. The third kappa shape index (κ3) is 3.19. The van der Waals surface area contributed by atoms with Gasteiger partial charge in [-0.3, -0.25) is 10.1 Å². The van der Waals surface area contributed by atoms with Gasteiger partial charge in [0.2, 0.25) is 11.6 Å². The molecule has 0 saturated heterocycles. The van der Waals surface area contributed by atoms with E-state index in [4.69, 9.17) is 0 Å². The molecule has 0 amide bonds. The van der Waals surface area contributed by atoms with Crippen LogP contribution in [-0.2, 0) is 0 Å². The van der Waals surface area contributed by atoms with Crippen LogP contribution in [0, 0.1) is 10.1 Å². The predicted octanol–water partition coefficient (Wildman–Crippen LogP) is 4.29. The fourth-order valence-electron chi connectivity index (χ4n) is 2.91. The minimum Gasteiger partial charge on any atom is -0.361 e. The molecule has 0 aliphatic carbocycles. The van der Waals surface area contributed by atoms with E-state index in [-0.39, 0.29) is 17.3 Å². The zero-order chi connectivity index (χ0) is 18.5. The molecule has 0 fully saturated rings. The molecule has 0 radical (unpaired) electrons. The average Bonchev–Trinajstić information content (AvgIpc) is 2.67. The van der Waals surface area contributed by atoms with E-state index in [1.165, 1.54) is 6.33 Å². The fraction of sp³-hybridized carbons (Fsp3) is 0.158. The van der Waals surface area contributed by atoms with Crippen molar-refractivity contribution in [2.24, 2.45) is 0 Å². The lowest BCUT2D eigenvalue weighted by Gasteiger charge is -2.23. The van der Waals surface area contributed by atoms with Gasteiger partial charge in [-0.25, -0.2) is 9.97 Å². The van der Waals surface area contributed by atoms with Gasteiger partial charge in [-0.1, -0.05) is 42.5 Å². The van der Waals surface area contributed by atoms with E-state index in [2.05, 4.69) is 21.9 Å². The molecule has 7 heteroatoms. The highest BCUT2D eigenvalue weighted by Crippen LogP contribution is 2.38. The van der Waals surface area contributed by atoms with Gasteiger partial charge in [0.15, 0.2) is 0 Å². The summed E-state index contributed by atoms with van der Waals surface area (Å²) in [6.45, 7) is 6.45. The van der Waals surface area contributed by atoms with Gasteiger partial charge >= 0.3 is 5.69 Å². The largest absolute Gasteiger partial charge is 0.361 e. The number of hydrogen-bond donors (Lipinski definition) is 1. The first kappa shape index (κ1) is 17.3. The number of nitro groups is 1. The Morgan fingerprint density at radius 3 is 2.73 bits per heavy atom. The number of hydrogen-bond acceptors (Lipinski definition) is 6. The minimum absolute atomic E-state index is 0.149. The lowest BCUT2D eigenvalue weighted by molar-refractivity contribution is -0.383. The average molecular weight is 349 g/mol. The Morgan fingerprint density at radius 2 is 2.00 bits per heavy atom. The van der Waals surface area contributed by atoms with E-state index in [9.17, 15) is 10.1 Å². The quantitative estimate of drug-likeness (QED) is 0.389. The molecule has 0 bridgehead atoms. The van der Waals surface area contributed by atoms with Crippen LogP contribution in [0.4, 0.5) is 23.0 Å². The van der Waals surface area contributed by atoms with E-state index in [0.717, 1.165) is 16.5 Å². The number of rotatable bonds is 7. The summed E-state index contributed by atoms with van der Waals surface area (Å²) in [4.78, 5) is 21.4. The monoisotopic (exact) mass is 349 g/mol. The minimum atomic E-state index is -0.450. The van der Waals surface area contributed by atoms with Crippen molar-refractivity contribution in [3.05, 3.63) is 71.6 Å². The van der Waals surface area contributed by atoms with Crippen LogP contribution in [0.5, 0.6) is 0 Å². The molecule has 7 nitrogen and oxygen atoms in total. The van der Waals surface area contributed by atoms with Crippen molar-refractivity contribution >= 4 is 33.8 Å². The van der Waals surface area contributed by atoms with Gasteiger partial charge in [0.05, 0.1) is 10.6 Å². The van der Waals surface area contributed by atoms with Crippen molar-refractivity contribution in [3.63, 3.8) is 0 Å². The summed E-state index contributed by atoms with van der Waals surface area (Å²) in [6.07, 6.45) is 2.95. The first-order valence-electron chi connectivity index (χ1n) is 8.26. The smallest absolute Gasteiger partial charge is 0.353 e. The standard InChI is InChI=1S/C19H19N5O2/c1-3-12-20-18-17(24(25)26)19(22-13-21-18)23(4-2)16-11-7-9-14-8-5-6-10-15(14)16/h3,5-11,13H,1,4,12H2,2H3,(H,20,21,22). The Labute approximate surface area is 151 Å². The van der Waals surface area contributed by atoms with Crippen molar-refractivity contribution in [1.82, 2.24) is 9.97 Å². The molecule has 0 aliphatic heterocycles. The normalized spacial score (nSPS) is 10.5. The topological polar surface area (TPSA) is 84.2 Å². The van der Waals surface area contributed by atoms with Crippen LogP contribution in [0.25, 0.3) is 10.8 Å². The van der Waals surface area contributed by atoms with E-state index in [0.29, 0.717) is 13.1 Å². The summed E-state index contributed by atoms with van der Waals surface area (Å²) in [5, 5.41) is 16.7. The molecule has 2 aromatic carbocycles. The van der Waals surface area contributed by atoms with Crippen molar-refractivity contribution in [3.8, 4) is 0 Å². The van der Waals surface area contributed by atoms with E-state index in [1.807, 2.05) is 54.3 Å². The van der Waals surface area contributed by atoms with Crippen LogP contribution >= 0.6 is 0 Å². The Bertz CT molecular complexity index is 952. The predicted molar refractivity (Wildman–Crippen MR) is 104 cm³/mol. The van der Waals surface area contributed by atoms with Crippen LogP contribution in [0.1, 0.15) is 6.92 Å². The fourth-order valence-corrected chi connectivity index (χ4v) is 2.91. The number of anilines is 3. The van der Waals surface area contributed by atoms with Crippen LogP contribution in [0.3, 0.4) is 0 Å². The molecular formula is C19H19N5O2. The molecule has 0 atom stereocenters.